The van der Waals surface area contributed by atoms with Crippen LogP contribution in [0.3, 0.4) is 0 Å². The molecule has 0 spiro atoms. The van der Waals surface area contributed by atoms with Gasteiger partial charge in [0.15, 0.2) is 5.82 Å². The highest BCUT2D eigenvalue weighted by atomic mass is 19.1. The molecular formula is C16H16FN3O. The second-order valence-corrected chi connectivity index (χ2v) is 6.15. The number of benzene rings is 1. The molecule has 108 valence electrons. The van der Waals surface area contributed by atoms with Crippen molar-refractivity contribution in [2.24, 2.45) is 0 Å². The minimum absolute atomic E-state index is 0.189. The predicted molar refractivity (Wildman–Crippen MR) is 78.4 cm³/mol. The highest BCUT2D eigenvalue weighted by Gasteiger charge is 2.22. The molecule has 0 aliphatic heterocycles. The largest absolute Gasteiger partial charge is 0.334 e. The molecule has 1 aromatic carbocycles. The Balaban J connectivity index is 2.22. The Morgan fingerprint density at radius 3 is 2.52 bits per heavy atom. The lowest BCUT2D eigenvalue weighted by Gasteiger charge is -2.11. The summed E-state index contributed by atoms with van der Waals surface area (Å²) in [5, 5.41) is 4.83. The van der Waals surface area contributed by atoms with Gasteiger partial charge in [0.1, 0.15) is 5.82 Å². The van der Waals surface area contributed by atoms with Gasteiger partial charge in [0.05, 0.1) is 11.1 Å². The molecule has 2 aromatic heterocycles. The maximum atomic E-state index is 13.4. The lowest BCUT2D eigenvalue weighted by molar-refractivity contribution is 0.402. The number of halogens is 1. The fourth-order valence-electron chi connectivity index (χ4n) is 2.15. The molecule has 0 bridgehead atoms. The summed E-state index contributed by atoms with van der Waals surface area (Å²) >= 11 is 0. The van der Waals surface area contributed by atoms with Crippen LogP contribution in [-0.2, 0) is 5.41 Å². The van der Waals surface area contributed by atoms with Gasteiger partial charge in [-0.2, -0.15) is 4.98 Å². The first-order valence-electron chi connectivity index (χ1n) is 6.76. The molecule has 4 nitrogen and oxygen atoms in total. The Bertz CT molecular complexity index is 813. The van der Waals surface area contributed by atoms with Gasteiger partial charge in [0.25, 0.3) is 5.89 Å². The SMILES string of the molecule is Cc1cc(-c2nc(C(C)(C)C)no2)c2ccc(F)cc2n1. The van der Waals surface area contributed by atoms with Crippen molar-refractivity contribution < 1.29 is 8.91 Å². The number of hydrogen-bond acceptors (Lipinski definition) is 4. The van der Waals surface area contributed by atoms with Crippen LogP contribution in [0.1, 0.15) is 32.3 Å². The average Bonchev–Trinajstić information content (AvgIpc) is 2.86. The van der Waals surface area contributed by atoms with E-state index in [4.69, 9.17) is 4.52 Å². The minimum atomic E-state index is -0.313. The zero-order chi connectivity index (χ0) is 15.2. The van der Waals surface area contributed by atoms with Crippen LogP contribution in [0.2, 0.25) is 0 Å². The van der Waals surface area contributed by atoms with Crippen molar-refractivity contribution in [3.63, 3.8) is 0 Å². The van der Waals surface area contributed by atoms with Crippen molar-refractivity contribution in [1.82, 2.24) is 15.1 Å². The molecule has 0 aliphatic carbocycles. The van der Waals surface area contributed by atoms with E-state index in [0.29, 0.717) is 17.2 Å². The van der Waals surface area contributed by atoms with Crippen LogP contribution in [0.5, 0.6) is 0 Å². The van der Waals surface area contributed by atoms with Crippen LogP contribution in [0.4, 0.5) is 4.39 Å². The maximum Gasteiger partial charge on any atom is 0.258 e. The number of fused-ring (bicyclic) bond motifs is 1. The molecule has 0 atom stereocenters. The molecule has 0 unspecified atom stereocenters. The van der Waals surface area contributed by atoms with Gasteiger partial charge in [-0.05, 0) is 25.1 Å². The molecule has 0 fully saturated rings. The van der Waals surface area contributed by atoms with Crippen LogP contribution < -0.4 is 0 Å². The summed E-state index contributed by atoms with van der Waals surface area (Å²) in [6.45, 7) is 7.92. The van der Waals surface area contributed by atoms with E-state index in [9.17, 15) is 4.39 Å². The second-order valence-electron chi connectivity index (χ2n) is 6.15. The summed E-state index contributed by atoms with van der Waals surface area (Å²) in [7, 11) is 0. The van der Waals surface area contributed by atoms with Crippen molar-refractivity contribution in [3.8, 4) is 11.5 Å². The molecule has 5 heteroatoms. The predicted octanol–water partition coefficient (Wildman–Crippen LogP) is 4.03. The zero-order valence-electron chi connectivity index (χ0n) is 12.4. The normalized spacial score (nSPS) is 12.0. The first-order chi connectivity index (χ1) is 9.84. The van der Waals surface area contributed by atoms with Gasteiger partial charge in [-0.3, -0.25) is 4.98 Å². The Morgan fingerprint density at radius 1 is 1.10 bits per heavy atom. The third-order valence-electron chi connectivity index (χ3n) is 3.23. The van der Waals surface area contributed by atoms with Gasteiger partial charge < -0.3 is 4.52 Å². The summed E-state index contributed by atoms with van der Waals surface area (Å²) in [5.74, 6) is 0.761. The Kier molecular flexibility index (Phi) is 3.01. The summed E-state index contributed by atoms with van der Waals surface area (Å²) in [6.07, 6.45) is 0. The molecular weight excluding hydrogens is 269 g/mol. The highest BCUT2D eigenvalue weighted by Crippen LogP contribution is 2.29. The van der Waals surface area contributed by atoms with Crippen LogP contribution in [0.25, 0.3) is 22.4 Å². The first-order valence-corrected chi connectivity index (χ1v) is 6.76. The molecule has 0 amide bonds. The number of aromatic nitrogens is 3. The van der Waals surface area contributed by atoms with Crippen LogP contribution >= 0.6 is 0 Å². The molecule has 21 heavy (non-hydrogen) atoms. The van der Waals surface area contributed by atoms with E-state index in [1.165, 1.54) is 12.1 Å². The Hall–Kier alpha value is -2.30. The monoisotopic (exact) mass is 285 g/mol. The van der Waals surface area contributed by atoms with Crippen molar-refractivity contribution in [3.05, 3.63) is 41.6 Å². The third kappa shape index (κ3) is 2.51. The minimum Gasteiger partial charge on any atom is -0.334 e. The summed E-state index contributed by atoms with van der Waals surface area (Å²) in [6, 6.07) is 6.38. The fraction of sp³-hybridized carbons (Fsp3) is 0.312. The number of nitrogens with zero attached hydrogens (tertiary/aromatic N) is 3. The van der Waals surface area contributed by atoms with Crippen molar-refractivity contribution in [2.45, 2.75) is 33.1 Å². The lowest BCUT2D eigenvalue weighted by Crippen LogP contribution is -2.13. The van der Waals surface area contributed by atoms with E-state index in [0.717, 1.165) is 16.6 Å². The Labute approximate surface area is 122 Å². The molecule has 3 rings (SSSR count). The summed E-state index contributed by atoms with van der Waals surface area (Å²) in [5.41, 5.74) is 1.95. The zero-order valence-corrected chi connectivity index (χ0v) is 12.4. The quantitative estimate of drug-likeness (QED) is 0.677. The number of pyridine rings is 1. The molecule has 0 aliphatic rings. The van der Waals surface area contributed by atoms with E-state index in [-0.39, 0.29) is 11.2 Å². The van der Waals surface area contributed by atoms with Crippen molar-refractivity contribution in [2.75, 3.05) is 0 Å². The number of aryl methyl sites for hydroxylation is 1. The highest BCUT2D eigenvalue weighted by molar-refractivity contribution is 5.92. The first kappa shape index (κ1) is 13.7. The van der Waals surface area contributed by atoms with Gasteiger partial charge in [-0.25, -0.2) is 4.39 Å². The molecule has 0 saturated carbocycles. The smallest absolute Gasteiger partial charge is 0.258 e. The topological polar surface area (TPSA) is 51.8 Å². The van der Waals surface area contributed by atoms with Crippen LogP contribution in [-0.4, -0.2) is 15.1 Å². The van der Waals surface area contributed by atoms with Gasteiger partial charge >= 0.3 is 0 Å². The summed E-state index contributed by atoms with van der Waals surface area (Å²) in [4.78, 5) is 8.81. The van der Waals surface area contributed by atoms with Crippen molar-refractivity contribution in [1.29, 1.82) is 0 Å². The lowest BCUT2D eigenvalue weighted by atomic mass is 9.96. The second kappa shape index (κ2) is 4.62. The number of rotatable bonds is 1. The van der Waals surface area contributed by atoms with E-state index in [1.54, 1.807) is 6.07 Å². The van der Waals surface area contributed by atoms with Gasteiger partial charge in [-0.15, -0.1) is 0 Å². The van der Waals surface area contributed by atoms with E-state index in [1.807, 2.05) is 33.8 Å². The van der Waals surface area contributed by atoms with Gasteiger partial charge in [-0.1, -0.05) is 25.9 Å². The standard InChI is InChI=1S/C16H16FN3O/c1-9-7-12(11-6-5-10(17)8-13(11)18-9)14-19-15(20-21-14)16(2,3)4/h5-8H,1-4H3. The van der Waals surface area contributed by atoms with Gasteiger partial charge in [0.2, 0.25) is 0 Å². The van der Waals surface area contributed by atoms with Crippen LogP contribution in [0.15, 0.2) is 28.8 Å². The molecule has 0 radical (unpaired) electrons. The average molecular weight is 285 g/mol. The third-order valence-corrected chi connectivity index (χ3v) is 3.23. The molecule has 3 aromatic rings. The number of hydrogen-bond donors (Lipinski definition) is 0. The van der Waals surface area contributed by atoms with Crippen molar-refractivity contribution >= 4 is 10.9 Å². The van der Waals surface area contributed by atoms with E-state index in [2.05, 4.69) is 15.1 Å². The van der Waals surface area contributed by atoms with Crippen LogP contribution in [0, 0.1) is 12.7 Å². The fourth-order valence-corrected chi connectivity index (χ4v) is 2.15. The molecule has 2 heterocycles. The molecule has 0 N–H and O–H groups in total. The summed E-state index contributed by atoms with van der Waals surface area (Å²) < 4.78 is 18.8. The van der Waals surface area contributed by atoms with E-state index >= 15 is 0 Å². The maximum absolute atomic E-state index is 13.4. The Morgan fingerprint density at radius 2 is 1.86 bits per heavy atom. The van der Waals surface area contributed by atoms with E-state index < -0.39 is 0 Å². The van der Waals surface area contributed by atoms with Gasteiger partial charge in [0, 0.05) is 22.6 Å². The molecule has 0 saturated heterocycles.